The van der Waals surface area contributed by atoms with E-state index < -0.39 is 23.9 Å². The molecule has 0 radical (unpaired) electrons. The van der Waals surface area contributed by atoms with Crippen molar-refractivity contribution < 1.29 is 39.6 Å². The fourth-order valence-corrected chi connectivity index (χ4v) is 4.29. The lowest BCUT2D eigenvalue weighted by Gasteiger charge is -2.02. The Kier molecular flexibility index (Phi) is 31.1. The third-order valence-corrected chi connectivity index (χ3v) is 6.56. The smallest absolute Gasteiger partial charge is 0.303 e. The molecular formula is C30H56O8. The SMILES string of the molecule is O=C(O)CCCCCCCCCCCCC(=O)O.O=C(O)CCCCCCCCCCCCCCC(=O)O. The van der Waals surface area contributed by atoms with Crippen molar-refractivity contribution in [1.82, 2.24) is 0 Å². The average Bonchev–Trinajstić information content (AvgIpc) is 2.84. The van der Waals surface area contributed by atoms with Gasteiger partial charge in [0.1, 0.15) is 0 Å². The fourth-order valence-electron chi connectivity index (χ4n) is 4.29. The zero-order valence-electron chi connectivity index (χ0n) is 23.8. The van der Waals surface area contributed by atoms with Gasteiger partial charge in [-0.15, -0.1) is 0 Å². The molecular weight excluding hydrogens is 488 g/mol. The van der Waals surface area contributed by atoms with E-state index in [0.29, 0.717) is 25.7 Å². The maximum atomic E-state index is 10.3. The van der Waals surface area contributed by atoms with Crippen molar-refractivity contribution in [2.45, 2.75) is 167 Å². The molecule has 0 rings (SSSR count). The van der Waals surface area contributed by atoms with E-state index in [-0.39, 0.29) is 0 Å². The second-order valence-electron chi connectivity index (χ2n) is 10.4. The molecule has 8 nitrogen and oxygen atoms in total. The van der Waals surface area contributed by atoms with E-state index in [9.17, 15) is 19.2 Å². The van der Waals surface area contributed by atoms with Crippen LogP contribution < -0.4 is 0 Å². The van der Waals surface area contributed by atoms with Crippen molar-refractivity contribution in [3.05, 3.63) is 0 Å². The minimum Gasteiger partial charge on any atom is -0.481 e. The maximum Gasteiger partial charge on any atom is 0.303 e. The van der Waals surface area contributed by atoms with E-state index in [1.165, 1.54) is 64.2 Å². The number of hydrogen-bond acceptors (Lipinski definition) is 4. The molecule has 8 heteroatoms. The number of carboxylic acid groups (broad SMARTS) is 4. The predicted molar refractivity (Wildman–Crippen MR) is 151 cm³/mol. The molecule has 0 bridgehead atoms. The van der Waals surface area contributed by atoms with Crippen molar-refractivity contribution in [3.63, 3.8) is 0 Å². The van der Waals surface area contributed by atoms with Gasteiger partial charge in [-0.1, -0.05) is 116 Å². The highest BCUT2D eigenvalue weighted by molar-refractivity contribution is 5.67. The van der Waals surface area contributed by atoms with Crippen molar-refractivity contribution in [1.29, 1.82) is 0 Å². The van der Waals surface area contributed by atoms with Gasteiger partial charge < -0.3 is 20.4 Å². The molecule has 0 aliphatic carbocycles. The summed E-state index contributed by atoms with van der Waals surface area (Å²) >= 11 is 0. The number of rotatable bonds is 28. The van der Waals surface area contributed by atoms with Gasteiger partial charge in [0.05, 0.1) is 0 Å². The van der Waals surface area contributed by atoms with Gasteiger partial charge in [-0.2, -0.15) is 0 Å². The first-order valence-corrected chi connectivity index (χ1v) is 15.1. The molecule has 0 fully saturated rings. The summed E-state index contributed by atoms with van der Waals surface area (Å²) in [4.78, 5) is 41.1. The van der Waals surface area contributed by atoms with E-state index in [1.807, 2.05) is 0 Å². The highest BCUT2D eigenvalue weighted by Crippen LogP contribution is 2.13. The van der Waals surface area contributed by atoms with E-state index in [4.69, 9.17) is 20.4 Å². The molecule has 0 aromatic carbocycles. The molecule has 0 spiro atoms. The summed E-state index contributed by atoms with van der Waals surface area (Å²) in [5, 5.41) is 33.9. The number of unbranched alkanes of at least 4 members (excludes halogenated alkanes) is 20. The van der Waals surface area contributed by atoms with Crippen LogP contribution in [-0.4, -0.2) is 44.3 Å². The maximum absolute atomic E-state index is 10.3. The van der Waals surface area contributed by atoms with Gasteiger partial charge in [-0.3, -0.25) is 19.2 Å². The first-order chi connectivity index (χ1) is 18.3. The van der Waals surface area contributed by atoms with E-state index in [0.717, 1.165) is 77.0 Å². The Morgan fingerprint density at radius 3 is 0.447 bits per heavy atom. The van der Waals surface area contributed by atoms with Gasteiger partial charge >= 0.3 is 23.9 Å². The average molecular weight is 545 g/mol. The Hall–Kier alpha value is -2.12. The second-order valence-corrected chi connectivity index (χ2v) is 10.4. The lowest BCUT2D eigenvalue weighted by Crippen LogP contribution is -1.93. The summed E-state index contributed by atoms with van der Waals surface area (Å²) in [7, 11) is 0. The summed E-state index contributed by atoms with van der Waals surface area (Å²) < 4.78 is 0. The lowest BCUT2D eigenvalue weighted by atomic mass is 10.0. The highest BCUT2D eigenvalue weighted by atomic mass is 16.4. The second kappa shape index (κ2) is 31.1. The van der Waals surface area contributed by atoms with Crippen molar-refractivity contribution in [2.75, 3.05) is 0 Å². The molecule has 0 saturated carbocycles. The monoisotopic (exact) mass is 544 g/mol. The molecule has 0 amide bonds. The van der Waals surface area contributed by atoms with E-state index >= 15 is 0 Å². The molecule has 4 N–H and O–H groups in total. The zero-order chi connectivity index (χ0) is 28.7. The van der Waals surface area contributed by atoms with Crippen LogP contribution in [-0.2, 0) is 19.2 Å². The van der Waals surface area contributed by atoms with Crippen molar-refractivity contribution >= 4 is 23.9 Å². The summed E-state index contributed by atoms with van der Waals surface area (Å²) in [6.07, 6.45) is 25.4. The van der Waals surface area contributed by atoms with Crippen LogP contribution in [0.2, 0.25) is 0 Å². The first kappa shape index (κ1) is 38.0. The van der Waals surface area contributed by atoms with Crippen LogP contribution in [0, 0.1) is 0 Å². The number of hydrogen-bond donors (Lipinski definition) is 4. The molecule has 0 aromatic heterocycles. The van der Waals surface area contributed by atoms with E-state index in [1.54, 1.807) is 0 Å². The molecule has 0 aromatic rings. The number of carboxylic acids is 4. The number of aliphatic carboxylic acids is 4. The summed E-state index contributed by atoms with van der Waals surface area (Å²) in [6.45, 7) is 0. The molecule has 0 atom stereocenters. The van der Waals surface area contributed by atoms with Crippen LogP contribution in [0.15, 0.2) is 0 Å². The largest absolute Gasteiger partial charge is 0.481 e. The zero-order valence-corrected chi connectivity index (χ0v) is 23.8. The Morgan fingerprint density at radius 1 is 0.237 bits per heavy atom. The molecule has 38 heavy (non-hydrogen) atoms. The van der Waals surface area contributed by atoms with Gasteiger partial charge in [-0.25, -0.2) is 0 Å². The summed E-state index contributed by atoms with van der Waals surface area (Å²) in [6, 6.07) is 0. The van der Waals surface area contributed by atoms with Crippen LogP contribution in [0.25, 0.3) is 0 Å². The van der Waals surface area contributed by atoms with Gasteiger partial charge in [-0.05, 0) is 25.7 Å². The third-order valence-electron chi connectivity index (χ3n) is 6.56. The van der Waals surface area contributed by atoms with Gasteiger partial charge in [0, 0.05) is 25.7 Å². The predicted octanol–water partition coefficient (Wildman–Crippen LogP) is 8.45. The van der Waals surface area contributed by atoms with Crippen LogP contribution in [0.3, 0.4) is 0 Å². The minimum atomic E-state index is -0.698. The quantitative estimate of drug-likeness (QED) is 0.0716. The van der Waals surface area contributed by atoms with Gasteiger partial charge in [0.2, 0.25) is 0 Å². The van der Waals surface area contributed by atoms with E-state index in [2.05, 4.69) is 0 Å². The highest BCUT2D eigenvalue weighted by Gasteiger charge is 1.99. The Labute approximate surface area is 230 Å². The minimum absolute atomic E-state index is 0.295. The molecule has 224 valence electrons. The van der Waals surface area contributed by atoms with Crippen LogP contribution in [0.4, 0.5) is 0 Å². The van der Waals surface area contributed by atoms with Crippen LogP contribution >= 0.6 is 0 Å². The number of carbonyl (C=O) groups is 4. The molecule has 0 aliphatic rings. The third kappa shape index (κ3) is 41.0. The Balaban J connectivity index is 0. The summed E-state index contributed by atoms with van der Waals surface area (Å²) in [5.41, 5.74) is 0. The Morgan fingerprint density at radius 2 is 0.342 bits per heavy atom. The molecule has 0 unspecified atom stereocenters. The normalized spacial score (nSPS) is 10.5. The standard InChI is InChI=1S/C16H30O4.C14H26O4/c17-15(18)13-11-9-7-5-3-1-2-4-6-8-10-12-14-16(19)20;15-13(16)11-9-7-5-3-1-2-4-6-8-10-12-14(17)18/h1-14H2,(H,17,18)(H,19,20);1-12H2,(H,15,16)(H,17,18). The van der Waals surface area contributed by atoms with Crippen LogP contribution in [0.5, 0.6) is 0 Å². The van der Waals surface area contributed by atoms with Gasteiger partial charge in [0.15, 0.2) is 0 Å². The van der Waals surface area contributed by atoms with Gasteiger partial charge in [0.25, 0.3) is 0 Å². The fraction of sp³-hybridized carbons (Fsp3) is 0.867. The van der Waals surface area contributed by atoms with Crippen molar-refractivity contribution in [3.8, 4) is 0 Å². The lowest BCUT2D eigenvalue weighted by molar-refractivity contribution is -0.138. The van der Waals surface area contributed by atoms with Crippen LogP contribution in [0.1, 0.15) is 167 Å². The molecule has 0 aliphatic heterocycles. The first-order valence-electron chi connectivity index (χ1n) is 15.1. The van der Waals surface area contributed by atoms with Crippen molar-refractivity contribution in [2.24, 2.45) is 0 Å². The topological polar surface area (TPSA) is 149 Å². The molecule has 0 saturated heterocycles. The summed E-state index contributed by atoms with van der Waals surface area (Å²) in [5.74, 6) is -2.77. The Bertz CT molecular complexity index is 527. The molecule has 0 heterocycles.